The number of carbonyl (C=O) groups is 1. The smallest absolute Gasteiger partial charge is 0.239 e. The van der Waals surface area contributed by atoms with Crippen molar-refractivity contribution in [2.75, 3.05) is 26.2 Å². The van der Waals surface area contributed by atoms with Crippen LogP contribution in [0.2, 0.25) is 0 Å². The Kier molecular flexibility index (Phi) is 6.92. The third kappa shape index (κ3) is 5.22. The molecule has 0 bridgehead atoms. The van der Waals surface area contributed by atoms with Crippen LogP contribution in [0.1, 0.15) is 16.7 Å². The van der Waals surface area contributed by atoms with Crippen molar-refractivity contribution in [2.45, 2.75) is 25.9 Å². The third-order valence-electron chi connectivity index (χ3n) is 6.54. The number of benzene rings is 2. The molecule has 0 aliphatic carbocycles. The van der Waals surface area contributed by atoms with Gasteiger partial charge in [-0.05, 0) is 42.2 Å². The molecule has 1 saturated heterocycles. The lowest BCUT2D eigenvalue weighted by Crippen LogP contribution is -2.53. The Morgan fingerprint density at radius 2 is 1.89 bits per heavy atom. The minimum absolute atomic E-state index is 0.0498. The standard InChI is InChI=1S/C27H29FN6O2/c1-18-15-30-25-24(18)26(32-17-31-25)36-23-8-7-20(13-21(23)28)14-22(29)27(35)34-11-9-33(10-12-34)16-19-5-3-2-4-6-19/h2-8,13,15,17,22H,9-12,14,16,29H2,1H3,(H,30,31,32). The van der Waals surface area contributed by atoms with E-state index in [1.54, 1.807) is 23.2 Å². The Morgan fingerprint density at radius 1 is 1.11 bits per heavy atom. The molecular formula is C27H29FN6O2. The van der Waals surface area contributed by atoms with Crippen LogP contribution >= 0.6 is 0 Å². The molecule has 0 spiro atoms. The van der Waals surface area contributed by atoms with E-state index < -0.39 is 11.9 Å². The lowest BCUT2D eigenvalue weighted by atomic mass is 10.0. The number of nitrogens with one attached hydrogen (secondary N) is 1. The highest BCUT2D eigenvalue weighted by molar-refractivity contribution is 5.84. The second-order valence-electron chi connectivity index (χ2n) is 9.14. The number of amides is 1. The average molecular weight is 489 g/mol. The first kappa shape index (κ1) is 23.9. The molecular weight excluding hydrogens is 459 g/mol. The number of nitrogens with two attached hydrogens (primary N) is 1. The minimum Gasteiger partial charge on any atom is -0.435 e. The van der Waals surface area contributed by atoms with Gasteiger partial charge in [-0.15, -0.1) is 0 Å². The van der Waals surface area contributed by atoms with Crippen LogP contribution in [0.4, 0.5) is 4.39 Å². The van der Waals surface area contributed by atoms with Crippen molar-refractivity contribution >= 4 is 16.9 Å². The van der Waals surface area contributed by atoms with E-state index >= 15 is 0 Å². The molecule has 1 atom stereocenters. The highest BCUT2D eigenvalue weighted by Gasteiger charge is 2.26. The van der Waals surface area contributed by atoms with Gasteiger partial charge in [-0.1, -0.05) is 36.4 Å². The zero-order chi connectivity index (χ0) is 25.1. The Labute approximate surface area is 208 Å². The van der Waals surface area contributed by atoms with Crippen molar-refractivity contribution < 1.29 is 13.9 Å². The topological polar surface area (TPSA) is 100 Å². The van der Waals surface area contributed by atoms with Crippen molar-refractivity contribution in [3.05, 3.63) is 83.6 Å². The van der Waals surface area contributed by atoms with Crippen molar-refractivity contribution in [3.8, 4) is 11.6 Å². The maximum atomic E-state index is 14.9. The number of H-pyrrole nitrogens is 1. The van der Waals surface area contributed by atoms with Crippen molar-refractivity contribution in [3.63, 3.8) is 0 Å². The van der Waals surface area contributed by atoms with Gasteiger partial charge >= 0.3 is 0 Å². The number of hydrogen-bond donors (Lipinski definition) is 2. The van der Waals surface area contributed by atoms with Crippen LogP contribution in [0.25, 0.3) is 11.0 Å². The first-order chi connectivity index (χ1) is 17.5. The van der Waals surface area contributed by atoms with E-state index in [-0.39, 0.29) is 24.0 Å². The SMILES string of the molecule is Cc1c[nH]c2ncnc(Oc3ccc(CC(N)C(=O)N4CCN(Cc5ccccc5)CC4)cc3F)c12. The van der Waals surface area contributed by atoms with E-state index in [9.17, 15) is 9.18 Å². The second-order valence-corrected chi connectivity index (χ2v) is 9.14. The van der Waals surface area contributed by atoms with Gasteiger partial charge in [-0.25, -0.2) is 14.4 Å². The van der Waals surface area contributed by atoms with E-state index in [0.717, 1.165) is 25.2 Å². The highest BCUT2D eigenvalue weighted by atomic mass is 19.1. The van der Waals surface area contributed by atoms with E-state index in [0.29, 0.717) is 29.7 Å². The number of rotatable bonds is 7. The van der Waals surface area contributed by atoms with Gasteiger partial charge in [0.15, 0.2) is 11.6 Å². The van der Waals surface area contributed by atoms with Gasteiger partial charge in [-0.3, -0.25) is 9.69 Å². The van der Waals surface area contributed by atoms with E-state index in [4.69, 9.17) is 10.5 Å². The zero-order valence-corrected chi connectivity index (χ0v) is 20.2. The summed E-state index contributed by atoms with van der Waals surface area (Å²) in [5, 5.41) is 0.706. The zero-order valence-electron chi connectivity index (χ0n) is 20.2. The molecule has 8 nitrogen and oxygen atoms in total. The van der Waals surface area contributed by atoms with Gasteiger partial charge < -0.3 is 20.4 Å². The second kappa shape index (κ2) is 10.4. The molecule has 3 heterocycles. The molecule has 186 valence electrons. The van der Waals surface area contributed by atoms with Crippen LogP contribution in [0.3, 0.4) is 0 Å². The molecule has 4 aromatic rings. The Hall–Kier alpha value is -3.82. The largest absolute Gasteiger partial charge is 0.435 e. The number of hydrogen-bond acceptors (Lipinski definition) is 6. The predicted octanol–water partition coefficient (Wildman–Crippen LogP) is 3.41. The number of fused-ring (bicyclic) bond motifs is 1. The maximum Gasteiger partial charge on any atom is 0.239 e. The lowest BCUT2D eigenvalue weighted by molar-refractivity contribution is -0.134. The molecule has 36 heavy (non-hydrogen) atoms. The van der Waals surface area contributed by atoms with Crippen molar-refractivity contribution in [1.82, 2.24) is 24.8 Å². The summed E-state index contributed by atoms with van der Waals surface area (Å²) in [6.07, 6.45) is 3.41. The summed E-state index contributed by atoms with van der Waals surface area (Å²) in [5.41, 5.74) is 9.66. The number of halogens is 1. The molecule has 2 aromatic carbocycles. The Balaban J connectivity index is 1.17. The van der Waals surface area contributed by atoms with Gasteiger partial charge in [-0.2, -0.15) is 0 Å². The van der Waals surface area contributed by atoms with Gasteiger partial charge in [0.25, 0.3) is 0 Å². The first-order valence-electron chi connectivity index (χ1n) is 12.0. The minimum atomic E-state index is -0.735. The number of aromatic amines is 1. The van der Waals surface area contributed by atoms with Gasteiger partial charge in [0.2, 0.25) is 11.8 Å². The monoisotopic (exact) mass is 488 g/mol. The van der Waals surface area contributed by atoms with Crippen LogP contribution in [0.5, 0.6) is 11.6 Å². The van der Waals surface area contributed by atoms with Gasteiger partial charge in [0.05, 0.1) is 11.4 Å². The quantitative estimate of drug-likeness (QED) is 0.414. The van der Waals surface area contributed by atoms with E-state index in [1.165, 1.54) is 18.0 Å². The molecule has 2 aromatic heterocycles. The summed E-state index contributed by atoms with van der Waals surface area (Å²) in [6, 6.07) is 14.2. The molecule has 1 amide bonds. The fourth-order valence-corrected chi connectivity index (χ4v) is 4.56. The van der Waals surface area contributed by atoms with E-state index in [1.807, 2.05) is 25.1 Å². The molecule has 1 aliphatic rings. The number of nitrogens with zero attached hydrogens (tertiary/aromatic N) is 4. The molecule has 1 unspecified atom stereocenters. The molecule has 0 radical (unpaired) electrons. The summed E-state index contributed by atoms with van der Waals surface area (Å²) in [4.78, 5) is 28.4. The maximum absolute atomic E-state index is 14.9. The summed E-state index contributed by atoms with van der Waals surface area (Å²) in [7, 11) is 0. The molecule has 1 fully saturated rings. The van der Waals surface area contributed by atoms with Crippen LogP contribution in [-0.4, -0.2) is 62.9 Å². The molecule has 1 aliphatic heterocycles. The normalized spacial score (nSPS) is 15.2. The van der Waals surface area contributed by atoms with Crippen LogP contribution in [-0.2, 0) is 17.8 Å². The number of ether oxygens (including phenoxy) is 1. The summed E-state index contributed by atoms with van der Waals surface area (Å²) < 4.78 is 20.6. The van der Waals surface area contributed by atoms with Crippen LogP contribution in [0.15, 0.2) is 61.1 Å². The van der Waals surface area contributed by atoms with Crippen LogP contribution < -0.4 is 10.5 Å². The number of carbonyl (C=O) groups excluding carboxylic acids is 1. The number of piperazine rings is 1. The summed E-state index contributed by atoms with van der Waals surface area (Å²) in [5.74, 6) is -0.319. The van der Waals surface area contributed by atoms with E-state index in [2.05, 4.69) is 32.0 Å². The predicted molar refractivity (Wildman–Crippen MR) is 135 cm³/mol. The van der Waals surface area contributed by atoms with Gasteiger partial charge in [0.1, 0.15) is 12.0 Å². The summed E-state index contributed by atoms with van der Waals surface area (Å²) >= 11 is 0. The Morgan fingerprint density at radius 3 is 2.64 bits per heavy atom. The fraction of sp³-hybridized carbons (Fsp3) is 0.296. The van der Waals surface area contributed by atoms with Gasteiger partial charge in [0, 0.05) is 38.9 Å². The number of aryl methyl sites for hydroxylation is 1. The molecule has 0 saturated carbocycles. The highest BCUT2D eigenvalue weighted by Crippen LogP contribution is 2.30. The summed E-state index contributed by atoms with van der Waals surface area (Å²) in [6.45, 7) is 5.62. The number of aromatic nitrogens is 3. The first-order valence-corrected chi connectivity index (χ1v) is 12.0. The average Bonchev–Trinajstić information content (AvgIpc) is 3.28. The van der Waals surface area contributed by atoms with Crippen LogP contribution in [0, 0.1) is 12.7 Å². The van der Waals surface area contributed by atoms with Crippen molar-refractivity contribution in [1.29, 1.82) is 0 Å². The fourth-order valence-electron chi connectivity index (χ4n) is 4.56. The Bertz CT molecular complexity index is 1350. The molecule has 3 N–H and O–H groups in total. The molecule has 9 heteroatoms. The molecule has 5 rings (SSSR count). The third-order valence-corrected chi connectivity index (χ3v) is 6.54. The lowest BCUT2D eigenvalue weighted by Gasteiger charge is -2.36. The van der Waals surface area contributed by atoms with Crippen molar-refractivity contribution in [2.24, 2.45) is 5.73 Å².